The van der Waals surface area contributed by atoms with Gasteiger partial charge in [-0.2, -0.15) is 0 Å². The van der Waals surface area contributed by atoms with Gasteiger partial charge in [-0.05, 0) is 42.7 Å². The molecule has 7 nitrogen and oxygen atoms in total. The zero-order chi connectivity index (χ0) is 23.0. The average Bonchev–Trinajstić information content (AvgIpc) is 2.88. The summed E-state index contributed by atoms with van der Waals surface area (Å²) in [4.78, 5) is 25.4. The number of hydrogen-bond acceptors (Lipinski definition) is 7. The van der Waals surface area contributed by atoms with E-state index in [0.29, 0.717) is 24.6 Å². The van der Waals surface area contributed by atoms with Crippen molar-refractivity contribution in [3.63, 3.8) is 0 Å². The van der Waals surface area contributed by atoms with E-state index in [1.165, 1.54) is 0 Å². The molecule has 0 saturated carbocycles. The van der Waals surface area contributed by atoms with Gasteiger partial charge in [0.25, 0.3) is 0 Å². The maximum Gasteiger partial charge on any atom is 0.225 e. The van der Waals surface area contributed by atoms with Crippen LogP contribution in [0.2, 0.25) is 0 Å². The van der Waals surface area contributed by atoms with Gasteiger partial charge in [0.05, 0.1) is 20.1 Å². The molecule has 33 heavy (non-hydrogen) atoms. The van der Waals surface area contributed by atoms with Crippen LogP contribution in [0.25, 0.3) is 0 Å². The van der Waals surface area contributed by atoms with Crippen LogP contribution in [-0.2, 0) is 11.3 Å². The Morgan fingerprint density at radius 3 is 2.67 bits per heavy atom. The largest absolute Gasteiger partial charge is 0.493 e. The number of anilines is 1. The minimum absolute atomic E-state index is 0.0515. The van der Waals surface area contributed by atoms with Crippen molar-refractivity contribution in [1.82, 2.24) is 15.3 Å². The summed E-state index contributed by atoms with van der Waals surface area (Å²) in [6, 6.07) is 15.8. The molecule has 1 aromatic heterocycles. The summed E-state index contributed by atoms with van der Waals surface area (Å²) >= 11 is 1.59. The van der Waals surface area contributed by atoms with E-state index in [0.717, 1.165) is 40.7 Å². The summed E-state index contributed by atoms with van der Waals surface area (Å²) < 4.78 is 10.6. The second-order valence-electron chi connectivity index (χ2n) is 7.79. The lowest BCUT2D eigenvalue weighted by Gasteiger charge is -2.33. The lowest BCUT2D eigenvalue weighted by atomic mass is 9.97. The van der Waals surface area contributed by atoms with Crippen molar-refractivity contribution in [3.8, 4) is 11.5 Å². The fraction of sp³-hybridized carbons (Fsp3) is 0.320. The molecule has 8 heteroatoms. The molecule has 1 fully saturated rings. The fourth-order valence-corrected chi connectivity index (χ4v) is 4.82. The molecular formula is C25H28N4O3S. The van der Waals surface area contributed by atoms with E-state index in [4.69, 9.17) is 9.47 Å². The molecule has 0 aliphatic carbocycles. The van der Waals surface area contributed by atoms with Crippen molar-refractivity contribution in [1.29, 1.82) is 0 Å². The highest BCUT2D eigenvalue weighted by Crippen LogP contribution is 2.34. The number of methoxy groups -OCH3 is 2. The summed E-state index contributed by atoms with van der Waals surface area (Å²) in [5.74, 6) is 2.11. The van der Waals surface area contributed by atoms with Crippen LogP contribution in [0.3, 0.4) is 0 Å². The average molecular weight is 465 g/mol. The van der Waals surface area contributed by atoms with Crippen LogP contribution >= 0.6 is 11.8 Å². The van der Waals surface area contributed by atoms with Crippen molar-refractivity contribution in [3.05, 3.63) is 66.5 Å². The number of piperidine rings is 1. The highest BCUT2D eigenvalue weighted by molar-refractivity contribution is 7.99. The minimum Gasteiger partial charge on any atom is -0.493 e. The first-order chi connectivity index (χ1) is 16.2. The number of carbonyl (C=O) groups excluding carboxylic acids is 1. The zero-order valence-corrected chi connectivity index (χ0v) is 19.7. The summed E-state index contributed by atoms with van der Waals surface area (Å²) in [5, 5.41) is 3.94. The number of ether oxygens (including phenoxy) is 2. The molecule has 1 N–H and O–H groups in total. The number of aromatic nitrogens is 2. The monoisotopic (exact) mass is 464 g/mol. The van der Waals surface area contributed by atoms with Gasteiger partial charge in [0.15, 0.2) is 17.3 Å². The number of benzene rings is 2. The second kappa shape index (κ2) is 11.0. The lowest BCUT2D eigenvalue weighted by molar-refractivity contribution is -0.125. The molecule has 172 valence electrons. The summed E-state index contributed by atoms with van der Waals surface area (Å²) in [5.41, 5.74) is 0.962. The Morgan fingerprint density at radius 2 is 1.88 bits per heavy atom. The van der Waals surface area contributed by atoms with E-state index in [1.54, 1.807) is 38.4 Å². The number of hydrogen-bond donors (Lipinski definition) is 1. The molecule has 1 amide bonds. The molecule has 0 spiro atoms. The molecule has 0 radical (unpaired) electrons. The number of nitrogens with zero attached hydrogens (tertiary/aromatic N) is 3. The highest BCUT2D eigenvalue weighted by atomic mass is 32.2. The Balaban J connectivity index is 1.40. The van der Waals surface area contributed by atoms with Gasteiger partial charge in [0, 0.05) is 36.9 Å². The summed E-state index contributed by atoms with van der Waals surface area (Å²) in [6.07, 6.45) is 5.22. The molecule has 4 rings (SSSR count). The quantitative estimate of drug-likeness (QED) is 0.536. The first kappa shape index (κ1) is 22.9. The third kappa shape index (κ3) is 5.76. The molecule has 2 heterocycles. The molecule has 1 aliphatic heterocycles. The Morgan fingerprint density at radius 1 is 1.09 bits per heavy atom. The molecular weight excluding hydrogens is 436 g/mol. The van der Waals surface area contributed by atoms with Crippen LogP contribution in [0.5, 0.6) is 11.5 Å². The SMILES string of the molecule is COc1ccc(CNC(=O)[C@@H]2CCCN(c3nccnc3Sc3ccccc3)C2)cc1OC. The maximum atomic E-state index is 13.0. The molecule has 2 aromatic carbocycles. The summed E-state index contributed by atoms with van der Waals surface area (Å²) in [6.45, 7) is 1.93. The Labute approximate surface area is 198 Å². The normalized spacial score (nSPS) is 15.7. The van der Waals surface area contributed by atoms with Gasteiger partial charge < -0.3 is 19.7 Å². The predicted octanol–water partition coefficient (Wildman–Crippen LogP) is 4.18. The molecule has 0 bridgehead atoms. The lowest BCUT2D eigenvalue weighted by Crippen LogP contribution is -2.43. The number of nitrogens with one attached hydrogen (secondary N) is 1. The predicted molar refractivity (Wildman–Crippen MR) is 129 cm³/mol. The van der Waals surface area contributed by atoms with Crippen molar-refractivity contribution in [2.24, 2.45) is 5.92 Å². The number of rotatable bonds is 8. The van der Waals surface area contributed by atoms with Gasteiger partial charge in [0.2, 0.25) is 5.91 Å². The first-order valence-electron chi connectivity index (χ1n) is 11.0. The Hall–Kier alpha value is -3.26. The third-order valence-electron chi connectivity index (χ3n) is 5.61. The minimum atomic E-state index is -0.101. The zero-order valence-electron chi connectivity index (χ0n) is 18.9. The molecule has 0 unspecified atom stereocenters. The number of carbonyl (C=O) groups is 1. The van der Waals surface area contributed by atoms with Gasteiger partial charge in [-0.3, -0.25) is 4.79 Å². The van der Waals surface area contributed by atoms with Crippen molar-refractivity contribution >= 4 is 23.5 Å². The third-order valence-corrected chi connectivity index (χ3v) is 6.60. The van der Waals surface area contributed by atoms with E-state index < -0.39 is 0 Å². The molecule has 1 aliphatic rings. The van der Waals surface area contributed by atoms with Crippen LogP contribution in [0, 0.1) is 5.92 Å². The van der Waals surface area contributed by atoms with Crippen LogP contribution in [0.15, 0.2) is 70.8 Å². The second-order valence-corrected chi connectivity index (χ2v) is 8.85. The highest BCUT2D eigenvalue weighted by Gasteiger charge is 2.28. The fourth-order valence-electron chi connectivity index (χ4n) is 3.91. The van der Waals surface area contributed by atoms with E-state index in [-0.39, 0.29) is 11.8 Å². The van der Waals surface area contributed by atoms with Gasteiger partial charge in [-0.15, -0.1) is 0 Å². The smallest absolute Gasteiger partial charge is 0.225 e. The number of amides is 1. The van der Waals surface area contributed by atoms with Gasteiger partial charge >= 0.3 is 0 Å². The van der Waals surface area contributed by atoms with Crippen LogP contribution < -0.4 is 19.7 Å². The van der Waals surface area contributed by atoms with E-state index in [2.05, 4.69) is 32.3 Å². The van der Waals surface area contributed by atoms with E-state index in [1.807, 2.05) is 36.4 Å². The Bertz CT molecular complexity index is 1080. The Kier molecular flexibility index (Phi) is 7.67. The van der Waals surface area contributed by atoms with Gasteiger partial charge in [-0.1, -0.05) is 36.0 Å². The van der Waals surface area contributed by atoms with Crippen LogP contribution in [-0.4, -0.2) is 43.2 Å². The van der Waals surface area contributed by atoms with Gasteiger partial charge in [-0.25, -0.2) is 9.97 Å². The van der Waals surface area contributed by atoms with Crippen molar-refractivity contribution in [2.45, 2.75) is 29.3 Å². The first-order valence-corrected chi connectivity index (χ1v) is 11.8. The van der Waals surface area contributed by atoms with Crippen LogP contribution in [0.1, 0.15) is 18.4 Å². The molecule has 3 aromatic rings. The maximum absolute atomic E-state index is 13.0. The van der Waals surface area contributed by atoms with E-state index in [9.17, 15) is 4.79 Å². The molecule has 1 atom stereocenters. The van der Waals surface area contributed by atoms with Gasteiger partial charge in [0.1, 0.15) is 5.03 Å². The standard InChI is InChI=1S/C25H28N4O3S/c1-31-21-11-10-18(15-22(21)32-2)16-28-24(30)19-7-6-14-29(17-19)23-25(27-13-12-26-23)33-20-8-4-3-5-9-20/h3-5,8-13,15,19H,6-7,14,16-17H2,1-2H3,(H,28,30)/t19-/m1/s1. The van der Waals surface area contributed by atoms with Crippen LogP contribution in [0.4, 0.5) is 5.82 Å². The van der Waals surface area contributed by atoms with Crippen molar-refractivity contribution < 1.29 is 14.3 Å². The molecule has 1 saturated heterocycles. The van der Waals surface area contributed by atoms with Crippen molar-refractivity contribution in [2.75, 3.05) is 32.2 Å². The van der Waals surface area contributed by atoms with E-state index >= 15 is 0 Å². The topological polar surface area (TPSA) is 76.6 Å². The summed E-state index contributed by atoms with van der Waals surface area (Å²) in [7, 11) is 3.21.